The highest BCUT2D eigenvalue weighted by molar-refractivity contribution is 5.55. The smallest absolute Gasteiger partial charge is 0.276 e. The van der Waals surface area contributed by atoms with Crippen molar-refractivity contribution in [1.29, 1.82) is 0 Å². The molecule has 1 rings (SSSR count). The number of hydrogen-bond donors (Lipinski definition) is 4. The zero-order valence-electron chi connectivity index (χ0n) is 10.5. The van der Waals surface area contributed by atoms with E-state index < -0.39 is 16.6 Å². The predicted octanol–water partition coefficient (Wildman–Crippen LogP) is 0.847. The maximum atomic E-state index is 10.8. The summed E-state index contributed by atoms with van der Waals surface area (Å²) >= 11 is 0. The average molecular weight is 255 g/mol. The van der Waals surface area contributed by atoms with Crippen LogP contribution < -0.4 is 16.6 Å². The van der Waals surface area contributed by atoms with Gasteiger partial charge >= 0.3 is 0 Å². The highest BCUT2D eigenvalue weighted by Gasteiger charge is 2.25. The van der Waals surface area contributed by atoms with Gasteiger partial charge in [-0.15, -0.1) is 0 Å². The Hall–Kier alpha value is -1.93. The second-order valence-corrected chi connectivity index (χ2v) is 4.52. The van der Waals surface area contributed by atoms with Gasteiger partial charge < -0.3 is 15.8 Å². The Morgan fingerprint density at radius 1 is 1.50 bits per heavy atom. The molecule has 0 aliphatic rings. The minimum absolute atomic E-state index is 0.137. The SMILES string of the molecule is CC(O)C(C)(C)Nc1cc([N+](=O)[O-])cc(NN)n1. The van der Waals surface area contributed by atoms with Crippen LogP contribution >= 0.6 is 0 Å². The van der Waals surface area contributed by atoms with Crippen molar-refractivity contribution in [2.75, 3.05) is 10.7 Å². The van der Waals surface area contributed by atoms with Crippen molar-refractivity contribution in [2.24, 2.45) is 5.84 Å². The third-order valence-electron chi connectivity index (χ3n) is 2.66. The first-order chi connectivity index (χ1) is 8.26. The molecule has 0 aliphatic carbocycles. The molecule has 8 heteroatoms. The lowest BCUT2D eigenvalue weighted by atomic mass is 9.99. The molecule has 1 aromatic heterocycles. The van der Waals surface area contributed by atoms with Crippen molar-refractivity contribution in [3.8, 4) is 0 Å². The number of nitro groups is 1. The Morgan fingerprint density at radius 2 is 2.06 bits per heavy atom. The lowest BCUT2D eigenvalue weighted by Crippen LogP contribution is -2.42. The number of pyridine rings is 1. The second-order valence-electron chi connectivity index (χ2n) is 4.52. The summed E-state index contributed by atoms with van der Waals surface area (Å²) in [6.07, 6.45) is -0.659. The quantitative estimate of drug-likeness (QED) is 0.349. The second kappa shape index (κ2) is 5.15. The van der Waals surface area contributed by atoms with Crippen LogP contribution in [0.1, 0.15) is 20.8 Å². The van der Waals surface area contributed by atoms with E-state index in [-0.39, 0.29) is 17.3 Å². The van der Waals surface area contributed by atoms with Gasteiger partial charge in [-0.05, 0) is 20.8 Å². The molecule has 100 valence electrons. The van der Waals surface area contributed by atoms with Gasteiger partial charge in [0.05, 0.1) is 28.7 Å². The first-order valence-electron chi connectivity index (χ1n) is 5.35. The van der Waals surface area contributed by atoms with Gasteiger partial charge in [0, 0.05) is 0 Å². The number of aliphatic hydroxyl groups excluding tert-OH is 1. The Kier molecular flexibility index (Phi) is 4.04. The number of aliphatic hydroxyl groups is 1. The molecular formula is C10H17N5O3. The van der Waals surface area contributed by atoms with Crippen molar-refractivity contribution in [3.63, 3.8) is 0 Å². The predicted molar refractivity (Wildman–Crippen MR) is 68.1 cm³/mol. The molecule has 1 unspecified atom stereocenters. The summed E-state index contributed by atoms with van der Waals surface area (Å²) in [5, 5.41) is 23.3. The van der Waals surface area contributed by atoms with Gasteiger partial charge in [0.25, 0.3) is 5.69 Å². The Morgan fingerprint density at radius 3 is 2.50 bits per heavy atom. The van der Waals surface area contributed by atoms with E-state index in [0.29, 0.717) is 0 Å². The van der Waals surface area contributed by atoms with E-state index in [9.17, 15) is 15.2 Å². The number of nitrogen functional groups attached to an aromatic ring is 1. The number of nitrogens with zero attached hydrogens (tertiary/aromatic N) is 2. The van der Waals surface area contributed by atoms with Gasteiger partial charge in [0.15, 0.2) is 0 Å². The molecule has 0 bridgehead atoms. The Labute approximate surface area is 104 Å². The normalized spacial score (nSPS) is 12.9. The maximum absolute atomic E-state index is 10.8. The first kappa shape index (κ1) is 14.1. The molecular weight excluding hydrogens is 238 g/mol. The van der Waals surface area contributed by atoms with Crippen LogP contribution in [0.2, 0.25) is 0 Å². The number of nitrogens with one attached hydrogen (secondary N) is 2. The van der Waals surface area contributed by atoms with Gasteiger partial charge in [-0.3, -0.25) is 10.1 Å². The molecule has 1 atom stereocenters. The lowest BCUT2D eigenvalue weighted by Gasteiger charge is -2.29. The third-order valence-corrected chi connectivity index (χ3v) is 2.66. The molecule has 0 fully saturated rings. The molecule has 8 nitrogen and oxygen atoms in total. The van der Waals surface area contributed by atoms with Gasteiger partial charge in [0.1, 0.15) is 11.6 Å². The molecule has 5 N–H and O–H groups in total. The minimum atomic E-state index is -0.673. The lowest BCUT2D eigenvalue weighted by molar-refractivity contribution is -0.384. The number of rotatable bonds is 5. The van der Waals surface area contributed by atoms with Gasteiger partial charge in [-0.2, -0.15) is 0 Å². The van der Waals surface area contributed by atoms with E-state index in [1.165, 1.54) is 12.1 Å². The summed E-state index contributed by atoms with van der Waals surface area (Å²) < 4.78 is 0. The molecule has 1 aromatic rings. The fraction of sp³-hybridized carbons (Fsp3) is 0.500. The summed E-state index contributed by atoms with van der Waals surface area (Å²) in [6, 6.07) is 2.51. The highest BCUT2D eigenvalue weighted by atomic mass is 16.6. The third kappa shape index (κ3) is 3.28. The van der Waals surface area contributed by atoms with Crippen LogP contribution in [0.3, 0.4) is 0 Å². The van der Waals surface area contributed by atoms with E-state index in [1.807, 2.05) is 0 Å². The van der Waals surface area contributed by atoms with E-state index in [0.717, 1.165) is 0 Å². The Balaban J connectivity index is 3.09. The molecule has 0 radical (unpaired) electrons. The summed E-state index contributed by atoms with van der Waals surface area (Å²) in [5.41, 5.74) is 1.45. The number of hydrogen-bond acceptors (Lipinski definition) is 7. The van der Waals surface area contributed by atoms with Crippen LogP contribution in [0, 0.1) is 10.1 Å². The van der Waals surface area contributed by atoms with Crippen LogP contribution in [-0.4, -0.2) is 26.7 Å². The summed E-state index contributed by atoms with van der Waals surface area (Å²) in [4.78, 5) is 14.3. The first-order valence-corrected chi connectivity index (χ1v) is 5.35. The largest absolute Gasteiger partial charge is 0.391 e. The van der Waals surface area contributed by atoms with Crippen molar-refractivity contribution in [1.82, 2.24) is 4.98 Å². The summed E-state index contributed by atoms with van der Waals surface area (Å²) in [6.45, 7) is 5.13. The van der Waals surface area contributed by atoms with Gasteiger partial charge in [-0.1, -0.05) is 0 Å². The van der Waals surface area contributed by atoms with Crippen LogP contribution in [0.15, 0.2) is 12.1 Å². The zero-order chi connectivity index (χ0) is 13.9. The van der Waals surface area contributed by atoms with Crippen molar-refractivity contribution < 1.29 is 10.0 Å². The fourth-order valence-corrected chi connectivity index (χ4v) is 1.19. The Bertz CT molecular complexity index is 447. The van der Waals surface area contributed by atoms with Crippen molar-refractivity contribution in [2.45, 2.75) is 32.4 Å². The van der Waals surface area contributed by atoms with E-state index in [4.69, 9.17) is 5.84 Å². The minimum Gasteiger partial charge on any atom is -0.391 e. The van der Waals surface area contributed by atoms with Gasteiger partial charge in [0.2, 0.25) is 0 Å². The molecule has 0 saturated carbocycles. The van der Waals surface area contributed by atoms with E-state index in [2.05, 4.69) is 15.7 Å². The van der Waals surface area contributed by atoms with E-state index >= 15 is 0 Å². The number of anilines is 2. The molecule has 0 amide bonds. The molecule has 1 heterocycles. The van der Waals surface area contributed by atoms with Crippen LogP contribution in [-0.2, 0) is 0 Å². The average Bonchev–Trinajstić information content (AvgIpc) is 2.27. The zero-order valence-corrected chi connectivity index (χ0v) is 10.5. The standard InChI is InChI=1S/C10H17N5O3/c1-6(16)10(2,3)13-8-4-7(15(17)18)5-9(12-8)14-11/h4-6,16H,11H2,1-3H3,(H2,12,13,14). The monoisotopic (exact) mass is 255 g/mol. The molecule has 0 saturated heterocycles. The number of hydrazine groups is 1. The molecule has 0 aromatic carbocycles. The van der Waals surface area contributed by atoms with Crippen LogP contribution in [0.5, 0.6) is 0 Å². The fourth-order valence-electron chi connectivity index (χ4n) is 1.19. The van der Waals surface area contributed by atoms with Gasteiger partial charge in [-0.25, -0.2) is 10.8 Å². The number of aromatic nitrogens is 1. The molecule has 18 heavy (non-hydrogen) atoms. The topological polar surface area (TPSA) is 126 Å². The molecule has 0 spiro atoms. The van der Waals surface area contributed by atoms with Crippen molar-refractivity contribution >= 4 is 17.3 Å². The van der Waals surface area contributed by atoms with Crippen LogP contribution in [0.25, 0.3) is 0 Å². The highest BCUT2D eigenvalue weighted by Crippen LogP contribution is 2.23. The van der Waals surface area contributed by atoms with Crippen molar-refractivity contribution in [3.05, 3.63) is 22.2 Å². The summed E-state index contributed by atoms with van der Waals surface area (Å²) in [5.74, 6) is 5.64. The molecule has 0 aliphatic heterocycles. The number of nitrogens with two attached hydrogens (primary N) is 1. The van der Waals surface area contributed by atoms with E-state index in [1.54, 1.807) is 20.8 Å². The maximum Gasteiger partial charge on any atom is 0.276 e. The van der Waals surface area contributed by atoms with Crippen LogP contribution in [0.4, 0.5) is 17.3 Å². The summed E-state index contributed by atoms with van der Waals surface area (Å²) in [7, 11) is 0.